The Bertz CT molecular complexity index is 1260. The molecule has 0 aliphatic carbocycles. The standard InChI is InChI=1S/C29H28N2O6/c32-18-21(20-11-5-2-6-12-20)31-25-27(34)30(17-19-9-3-1-4-10-19)15-8-14-29(25)24(26(31)33)23-22(37-29)13-7-16-36-28(23)35/h1-14,21-25,32H,15-18H2/t21-,22+,23-,24+,25?,29+/m1/s1. The van der Waals surface area contributed by atoms with Crippen molar-refractivity contribution in [2.45, 2.75) is 30.3 Å². The molecule has 4 aliphatic heterocycles. The molecule has 37 heavy (non-hydrogen) atoms. The molecule has 2 saturated heterocycles. The SMILES string of the molecule is O=C1OCC=C[C@@H]2O[C@]34C=CCN(Cc5ccccc5)C(=O)C3N([C@H](CO)c3ccccc3)C(=O)[C@@H]4[C@H]12. The summed E-state index contributed by atoms with van der Waals surface area (Å²) in [6.45, 7) is 0.407. The Kier molecular flexibility index (Phi) is 5.93. The molecule has 0 aromatic heterocycles. The maximum atomic E-state index is 14.3. The molecule has 2 aromatic carbocycles. The number of amides is 2. The number of benzene rings is 2. The molecule has 1 N–H and O–H groups in total. The number of hydrogen-bond acceptors (Lipinski definition) is 6. The summed E-state index contributed by atoms with van der Waals surface area (Å²) in [5.74, 6) is -3.03. The summed E-state index contributed by atoms with van der Waals surface area (Å²) < 4.78 is 11.9. The van der Waals surface area contributed by atoms with E-state index in [4.69, 9.17) is 9.47 Å². The van der Waals surface area contributed by atoms with Gasteiger partial charge in [-0.1, -0.05) is 78.9 Å². The zero-order valence-electron chi connectivity index (χ0n) is 20.2. The van der Waals surface area contributed by atoms with Crippen LogP contribution < -0.4 is 0 Å². The smallest absolute Gasteiger partial charge is 0.313 e. The molecule has 6 rings (SSSR count). The molecule has 0 saturated carbocycles. The zero-order valence-corrected chi connectivity index (χ0v) is 20.2. The van der Waals surface area contributed by atoms with E-state index in [9.17, 15) is 19.5 Å². The highest BCUT2D eigenvalue weighted by atomic mass is 16.6. The van der Waals surface area contributed by atoms with Gasteiger partial charge in [-0.3, -0.25) is 14.4 Å². The van der Waals surface area contributed by atoms with Crippen molar-refractivity contribution in [1.82, 2.24) is 9.80 Å². The molecule has 8 heteroatoms. The van der Waals surface area contributed by atoms with E-state index in [1.165, 1.54) is 4.90 Å². The molecule has 6 atom stereocenters. The second-order valence-electron chi connectivity index (χ2n) is 9.86. The van der Waals surface area contributed by atoms with Crippen LogP contribution in [0.5, 0.6) is 0 Å². The molecular formula is C29H28N2O6. The zero-order chi connectivity index (χ0) is 25.6. The van der Waals surface area contributed by atoms with Gasteiger partial charge in [0.2, 0.25) is 11.8 Å². The predicted molar refractivity (Wildman–Crippen MR) is 133 cm³/mol. The summed E-state index contributed by atoms with van der Waals surface area (Å²) >= 11 is 0. The summed E-state index contributed by atoms with van der Waals surface area (Å²) in [6.07, 6.45) is 6.42. The van der Waals surface area contributed by atoms with Gasteiger partial charge in [0.1, 0.15) is 24.2 Å². The van der Waals surface area contributed by atoms with Gasteiger partial charge in [0.25, 0.3) is 0 Å². The molecule has 2 fully saturated rings. The first-order valence-corrected chi connectivity index (χ1v) is 12.5. The average molecular weight is 501 g/mol. The van der Waals surface area contributed by atoms with E-state index in [-0.39, 0.29) is 19.1 Å². The van der Waals surface area contributed by atoms with Crippen LogP contribution in [0.15, 0.2) is 85.0 Å². The quantitative estimate of drug-likeness (QED) is 0.499. The summed E-state index contributed by atoms with van der Waals surface area (Å²) in [5, 5.41) is 10.5. The van der Waals surface area contributed by atoms with Crippen molar-refractivity contribution in [2.75, 3.05) is 19.8 Å². The van der Waals surface area contributed by atoms with E-state index in [1.54, 1.807) is 23.1 Å². The van der Waals surface area contributed by atoms with Crippen LogP contribution in [-0.2, 0) is 30.4 Å². The van der Waals surface area contributed by atoms with Crippen molar-refractivity contribution < 1.29 is 29.0 Å². The number of rotatable bonds is 5. The van der Waals surface area contributed by atoms with Gasteiger partial charge in [-0.2, -0.15) is 0 Å². The lowest BCUT2D eigenvalue weighted by Crippen LogP contribution is -2.56. The Balaban J connectivity index is 1.47. The maximum Gasteiger partial charge on any atom is 0.313 e. The first kappa shape index (κ1) is 23.6. The van der Waals surface area contributed by atoms with Gasteiger partial charge in [0, 0.05) is 13.1 Å². The number of nitrogens with zero attached hydrogens (tertiary/aromatic N) is 2. The predicted octanol–water partition coefficient (Wildman–Crippen LogP) is 2.01. The number of likely N-dealkylation sites (tertiary alicyclic amines) is 1. The number of cyclic esters (lactones) is 1. The highest BCUT2D eigenvalue weighted by molar-refractivity contribution is 5.99. The van der Waals surface area contributed by atoms with E-state index in [0.29, 0.717) is 18.7 Å². The van der Waals surface area contributed by atoms with Crippen LogP contribution in [0.2, 0.25) is 0 Å². The van der Waals surface area contributed by atoms with E-state index in [2.05, 4.69) is 0 Å². The molecule has 4 aliphatic rings. The number of aliphatic hydroxyl groups is 1. The van der Waals surface area contributed by atoms with Gasteiger partial charge in [-0.05, 0) is 17.2 Å². The minimum Gasteiger partial charge on any atom is -0.461 e. The van der Waals surface area contributed by atoms with Crippen LogP contribution in [-0.4, -0.2) is 70.2 Å². The van der Waals surface area contributed by atoms with Crippen LogP contribution in [0.4, 0.5) is 0 Å². The number of carbonyl (C=O) groups excluding carboxylic acids is 3. The number of aliphatic hydroxyl groups excluding tert-OH is 1. The first-order chi connectivity index (χ1) is 18.0. The number of carbonyl (C=O) groups is 3. The molecular weight excluding hydrogens is 472 g/mol. The van der Waals surface area contributed by atoms with Crippen molar-refractivity contribution in [3.8, 4) is 0 Å². The Morgan fingerprint density at radius 3 is 2.43 bits per heavy atom. The fourth-order valence-electron chi connectivity index (χ4n) is 6.27. The van der Waals surface area contributed by atoms with Crippen molar-refractivity contribution in [1.29, 1.82) is 0 Å². The number of hydrogen-bond donors (Lipinski definition) is 1. The van der Waals surface area contributed by atoms with Gasteiger partial charge in [-0.15, -0.1) is 0 Å². The van der Waals surface area contributed by atoms with Crippen molar-refractivity contribution in [3.05, 3.63) is 96.1 Å². The van der Waals surface area contributed by atoms with Crippen molar-refractivity contribution in [2.24, 2.45) is 11.8 Å². The fraction of sp³-hybridized carbons (Fsp3) is 0.345. The van der Waals surface area contributed by atoms with Crippen molar-refractivity contribution >= 4 is 17.8 Å². The third-order valence-electron chi connectivity index (χ3n) is 7.84. The van der Waals surface area contributed by atoms with E-state index >= 15 is 0 Å². The molecule has 1 unspecified atom stereocenters. The Hall–Kier alpha value is -3.75. The highest BCUT2D eigenvalue weighted by Gasteiger charge is 2.72. The summed E-state index contributed by atoms with van der Waals surface area (Å²) in [5.41, 5.74) is 0.292. The fourth-order valence-corrected chi connectivity index (χ4v) is 6.27. The molecule has 1 spiro atoms. The largest absolute Gasteiger partial charge is 0.461 e. The second kappa shape index (κ2) is 9.28. The van der Waals surface area contributed by atoms with Crippen molar-refractivity contribution in [3.63, 3.8) is 0 Å². The Morgan fingerprint density at radius 1 is 0.973 bits per heavy atom. The van der Waals surface area contributed by atoms with Crippen LogP contribution in [0.25, 0.3) is 0 Å². The van der Waals surface area contributed by atoms with Crippen LogP contribution >= 0.6 is 0 Å². The molecule has 4 heterocycles. The van der Waals surface area contributed by atoms with E-state index < -0.39 is 47.5 Å². The van der Waals surface area contributed by atoms with E-state index in [1.807, 2.05) is 66.7 Å². The summed E-state index contributed by atoms with van der Waals surface area (Å²) in [7, 11) is 0. The van der Waals surface area contributed by atoms with Crippen LogP contribution in [0.1, 0.15) is 17.2 Å². The van der Waals surface area contributed by atoms with E-state index in [0.717, 1.165) is 5.56 Å². The lowest BCUT2D eigenvalue weighted by Gasteiger charge is -2.38. The monoisotopic (exact) mass is 500 g/mol. The molecule has 2 aromatic rings. The van der Waals surface area contributed by atoms with Gasteiger partial charge >= 0.3 is 5.97 Å². The molecule has 8 nitrogen and oxygen atoms in total. The normalized spacial score (nSPS) is 31.3. The number of esters is 1. The summed E-state index contributed by atoms with van der Waals surface area (Å²) in [4.78, 5) is 44.8. The van der Waals surface area contributed by atoms with Gasteiger partial charge in [-0.25, -0.2) is 0 Å². The number of fused-ring (bicyclic) bond motifs is 2. The van der Waals surface area contributed by atoms with Crippen LogP contribution in [0.3, 0.4) is 0 Å². The molecule has 190 valence electrons. The second-order valence-corrected chi connectivity index (χ2v) is 9.86. The Labute approximate surface area is 214 Å². The first-order valence-electron chi connectivity index (χ1n) is 12.5. The lowest BCUT2D eigenvalue weighted by atomic mass is 9.78. The Morgan fingerprint density at radius 2 is 1.70 bits per heavy atom. The number of ether oxygens (including phenoxy) is 2. The highest BCUT2D eigenvalue weighted by Crippen LogP contribution is 2.55. The lowest BCUT2D eigenvalue weighted by molar-refractivity contribution is -0.155. The van der Waals surface area contributed by atoms with Gasteiger partial charge in [0.15, 0.2) is 0 Å². The van der Waals surface area contributed by atoms with Crippen LogP contribution in [0, 0.1) is 11.8 Å². The van der Waals surface area contributed by atoms with Gasteiger partial charge < -0.3 is 24.4 Å². The minimum absolute atomic E-state index is 0.110. The summed E-state index contributed by atoms with van der Waals surface area (Å²) in [6, 6.07) is 16.9. The molecule has 2 amide bonds. The molecule has 0 bridgehead atoms. The third kappa shape index (κ3) is 3.70. The average Bonchev–Trinajstić information content (AvgIpc) is 3.22. The molecule has 0 radical (unpaired) electrons. The minimum atomic E-state index is -1.36. The maximum absolute atomic E-state index is 14.3. The third-order valence-corrected chi connectivity index (χ3v) is 7.84. The van der Waals surface area contributed by atoms with Gasteiger partial charge in [0.05, 0.1) is 24.7 Å². The topological polar surface area (TPSA) is 96.4 Å².